The van der Waals surface area contributed by atoms with Crippen LogP contribution in [0.2, 0.25) is 0 Å². The van der Waals surface area contributed by atoms with Gasteiger partial charge in [-0.05, 0) is 24.1 Å². The van der Waals surface area contributed by atoms with Crippen LogP contribution in [0.1, 0.15) is 13.8 Å². The molecule has 0 aliphatic rings. The second-order valence-electron chi connectivity index (χ2n) is 5.10. The Hall–Kier alpha value is -1.31. The molecule has 0 aliphatic heterocycles. The Kier molecular flexibility index (Phi) is 5.79. The summed E-state index contributed by atoms with van der Waals surface area (Å²) in [5.41, 5.74) is 6.59. The van der Waals surface area contributed by atoms with Crippen molar-refractivity contribution in [1.82, 2.24) is 0 Å². The maximum absolute atomic E-state index is 11.7. The molecule has 1 aromatic carbocycles. The topological polar surface area (TPSA) is 98.7 Å². The Morgan fingerprint density at radius 2 is 2.00 bits per heavy atom. The molecular weight excluding hydrogens is 278 g/mol. The molecule has 0 saturated carbocycles. The molecule has 0 heterocycles. The molecule has 1 rings (SSSR count). The molecule has 1 aromatic rings. The fraction of sp³-hybridized carbons (Fsp3) is 0.538. The van der Waals surface area contributed by atoms with E-state index in [4.69, 9.17) is 15.6 Å². The molecule has 6 nitrogen and oxygen atoms in total. The number of methoxy groups -OCH3 is 1. The number of primary sulfonamides is 1. The highest BCUT2D eigenvalue weighted by Gasteiger charge is 2.19. The van der Waals surface area contributed by atoms with Gasteiger partial charge >= 0.3 is 0 Å². The molecule has 0 aliphatic carbocycles. The summed E-state index contributed by atoms with van der Waals surface area (Å²) in [5.74, 6) is 0.373. The summed E-state index contributed by atoms with van der Waals surface area (Å²) >= 11 is 0. The number of nitrogen functional groups attached to an aromatic ring is 1. The molecular formula is C13H23N3O3S. The van der Waals surface area contributed by atoms with Gasteiger partial charge in [-0.15, -0.1) is 0 Å². The molecule has 4 N–H and O–H groups in total. The molecule has 0 aromatic heterocycles. The molecule has 0 unspecified atom stereocenters. The van der Waals surface area contributed by atoms with Crippen LogP contribution in [-0.4, -0.2) is 35.2 Å². The Morgan fingerprint density at radius 1 is 1.35 bits per heavy atom. The zero-order valence-corrected chi connectivity index (χ0v) is 13.0. The lowest BCUT2D eigenvalue weighted by molar-refractivity contribution is 0.204. The molecule has 20 heavy (non-hydrogen) atoms. The van der Waals surface area contributed by atoms with E-state index in [1.165, 1.54) is 6.07 Å². The number of nitrogens with two attached hydrogens (primary N) is 2. The molecule has 0 amide bonds. The number of sulfonamides is 1. The fourth-order valence-electron chi connectivity index (χ4n) is 1.97. The van der Waals surface area contributed by atoms with Crippen molar-refractivity contribution in [1.29, 1.82) is 0 Å². The van der Waals surface area contributed by atoms with E-state index in [1.807, 2.05) is 4.90 Å². The second kappa shape index (κ2) is 6.92. The number of ether oxygens (including phenoxy) is 1. The van der Waals surface area contributed by atoms with Crippen molar-refractivity contribution in [3.8, 4) is 0 Å². The number of benzene rings is 1. The van der Waals surface area contributed by atoms with Gasteiger partial charge in [0.15, 0.2) is 0 Å². The minimum absolute atomic E-state index is 0.0502. The molecule has 7 heteroatoms. The molecule has 114 valence electrons. The van der Waals surface area contributed by atoms with Gasteiger partial charge in [-0.3, -0.25) is 0 Å². The van der Waals surface area contributed by atoms with Crippen LogP contribution in [0.15, 0.2) is 23.1 Å². The monoisotopic (exact) mass is 301 g/mol. The first-order chi connectivity index (χ1) is 9.25. The minimum atomic E-state index is -3.82. The average molecular weight is 301 g/mol. The zero-order valence-electron chi connectivity index (χ0n) is 12.2. The Labute approximate surface area is 120 Å². The summed E-state index contributed by atoms with van der Waals surface area (Å²) in [6.07, 6.45) is 0. The van der Waals surface area contributed by atoms with E-state index in [0.29, 0.717) is 37.0 Å². The maximum atomic E-state index is 11.7. The lowest BCUT2D eigenvalue weighted by Crippen LogP contribution is -2.32. The van der Waals surface area contributed by atoms with Crippen molar-refractivity contribution in [2.75, 3.05) is 37.4 Å². The lowest BCUT2D eigenvalue weighted by atomic mass is 10.2. The summed E-state index contributed by atoms with van der Waals surface area (Å²) in [7, 11) is -2.22. The maximum Gasteiger partial charge on any atom is 0.240 e. The van der Waals surface area contributed by atoms with E-state index in [2.05, 4.69) is 13.8 Å². The van der Waals surface area contributed by atoms with Gasteiger partial charge in [0.25, 0.3) is 0 Å². The summed E-state index contributed by atoms with van der Waals surface area (Å²) in [6, 6.07) is 4.75. The van der Waals surface area contributed by atoms with Crippen molar-refractivity contribution < 1.29 is 13.2 Å². The molecule has 0 saturated heterocycles. The largest absolute Gasteiger partial charge is 0.399 e. The van der Waals surface area contributed by atoms with Crippen molar-refractivity contribution in [2.45, 2.75) is 18.7 Å². The first-order valence-electron chi connectivity index (χ1n) is 6.42. The summed E-state index contributed by atoms with van der Waals surface area (Å²) in [5, 5.41) is 5.28. The van der Waals surface area contributed by atoms with Gasteiger partial charge in [0.05, 0.1) is 12.3 Å². The van der Waals surface area contributed by atoms with Crippen LogP contribution < -0.4 is 15.8 Å². The van der Waals surface area contributed by atoms with Crippen molar-refractivity contribution >= 4 is 21.4 Å². The van der Waals surface area contributed by atoms with Crippen LogP contribution in [0.25, 0.3) is 0 Å². The van der Waals surface area contributed by atoms with Crippen LogP contribution in [0.3, 0.4) is 0 Å². The Bertz CT molecular complexity index is 544. The van der Waals surface area contributed by atoms with Crippen LogP contribution in [-0.2, 0) is 14.8 Å². The summed E-state index contributed by atoms with van der Waals surface area (Å²) in [4.78, 5) is 2.00. The number of rotatable bonds is 7. The lowest BCUT2D eigenvalue weighted by Gasteiger charge is -2.28. The van der Waals surface area contributed by atoms with Gasteiger partial charge in [-0.1, -0.05) is 13.8 Å². The number of hydrogen-bond donors (Lipinski definition) is 2. The summed E-state index contributed by atoms with van der Waals surface area (Å²) in [6.45, 7) is 5.92. The molecule has 0 radical (unpaired) electrons. The van der Waals surface area contributed by atoms with Gasteiger partial charge in [-0.2, -0.15) is 0 Å². The van der Waals surface area contributed by atoms with E-state index < -0.39 is 10.0 Å². The van der Waals surface area contributed by atoms with E-state index >= 15 is 0 Å². The molecule has 0 spiro atoms. The predicted molar refractivity (Wildman–Crippen MR) is 81.2 cm³/mol. The SMILES string of the molecule is COCCN(CC(C)C)c1ccc(N)cc1S(N)(=O)=O. The smallest absolute Gasteiger partial charge is 0.240 e. The van der Waals surface area contributed by atoms with Crippen molar-refractivity contribution in [3.05, 3.63) is 18.2 Å². The van der Waals surface area contributed by atoms with E-state index in [0.717, 1.165) is 0 Å². The minimum Gasteiger partial charge on any atom is -0.399 e. The van der Waals surface area contributed by atoms with Gasteiger partial charge < -0.3 is 15.4 Å². The normalized spacial score (nSPS) is 11.8. The second-order valence-corrected chi connectivity index (χ2v) is 6.63. The highest BCUT2D eigenvalue weighted by molar-refractivity contribution is 7.89. The van der Waals surface area contributed by atoms with Crippen molar-refractivity contribution in [2.24, 2.45) is 11.1 Å². The third-order valence-corrected chi connectivity index (χ3v) is 3.72. The summed E-state index contributed by atoms with van der Waals surface area (Å²) < 4.78 is 28.5. The quantitative estimate of drug-likeness (QED) is 0.733. The Balaban J connectivity index is 3.24. The molecule has 0 atom stereocenters. The number of nitrogens with zero attached hydrogens (tertiary/aromatic N) is 1. The highest BCUT2D eigenvalue weighted by Crippen LogP contribution is 2.27. The zero-order chi connectivity index (χ0) is 15.3. The highest BCUT2D eigenvalue weighted by atomic mass is 32.2. The van der Waals surface area contributed by atoms with Gasteiger partial charge in [-0.25, -0.2) is 13.6 Å². The first kappa shape index (κ1) is 16.7. The first-order valence-corrected chi connectivity index (χ1v) is 7.96. The number of hydrogen-bond acceptors (Lipinski definition) is 5. The van der Waals surface area contributed by atoms with Crippen LogP contribution in [0.5, 0.6) is 0 Å². The van der Waals surface area contributed by atoms with Gasteiger partial charge in [0.1, 0.15) is 4.90 Å². The predicted octanol–water partition coefficient (Wildman–Crippen LogP) is 1.03. The van der Waals surface area contributed by atoms with Crippen LogP contribution in [0, 0.1) is 5.92 Å². The van der Waals surface area contributed by atoms with Crippen LogP contribution >= 0.6 is 0 Å². The third-order valence-electron chi connectivity index (χ3n) is 2.78. The molecule has 0 fully saturated rings. The third kappa shape index (κ3) is 4.66. The van der Waals surface area contributed by atoms with Gasteiger partial charge in [0.2, 0.25) is 10.0 Å². The number of anilines is 2. The van der Waals surface area contributed by atoms with Crippen molar-refractivity contribution in [3.63, 3.8) is 0 Å². The van der Waals surface area contributed by atoms with E-state index in [1.54, 1.807) is 19.2 Å². The molecule has 0 bridgehead atoms. The van der Waals surface area contributed by atoms with Gasteiger partial charge in [0, 0.05) is 25.9 Å². The fourth-order valence-corrected chi connectivity index (χ4v) is 2.76. The van der Waals surface area contributed by atoms with E-state index in [9.17, 15) is 8.42 Å². The standard InChI is InChI=1S/C13H23N3O3S/c1-10(2)9-16(6-7-19-3)12-5-4-11(14)8-13(12)20(15,17)18/h4-5,8,10H,6-7,9,14H2,1-3H3,(H2,15,17,18). The van der Waals surface area contributed by atoms with E-state index in [-0.39, 0.29) is 4.90 Å². The average Bonchev–Trinajstić information content (AvgIpc) is 2.33. The Morgan fingerprint density at radius 3 is 2.50 bits per heavy atom. The van der Waals surface area contributed by atoms with Crippen LogP contribution in [0.4, 0.5) is 11.4 Å².